The van der Waals surface area contributed by atoms with Crippen LogP contribution in [0.3, 0.4) is 0 Å². The Bertz CT molecular complexity index is 677. The predicted molar refractivity (Wildman–Crippen MR) is 98.0 cm³/mol. The Balaban J connectivity index is 1.68. The maximum atomic E-state index is 13.0. The SMILES string of the molecule is CCCNC(=O)N1CCCN(C(=O)c2cc3c(cc2C)OCCO3)CC1. The number of benzene rings is 1. The van der Waals surface area contributed by atoms with Gasteiger partial charge in [-0.1, -0.05) is 6.92 Å². The van der Waals surface area contributed by atoms with Crippen LogP contribution in [0.15, 0.2) is 12.1 Å². The number of nitrogens with one attached hydrogen (secondary N) is 1. The van der Waals surface area contributed by atoms with Crippen LogP contribution in [0.4, 0.5) is 4.79 Å². The van der Waals surface area contributed by atoms with E-state index in [9.17, 15) is 9.59 Å². The second-order valence-corrected chi connectivity index (χ2v) is 6.68. The van der Waals surface area contributed by atoms with E-state index < -0.39 is 0 Å². The third kappa shape index (κ3) is 4.03. The first kappa shape index (κ1) is 18.4. The highest BCUT2D eigenvalue weighted by atomic mass is 16.6. The van der Waals surface area contributed by atoms with Crippen molar-refractivity contribution in [3.8, 4) is 11.5 Å². The molecule has 1 aromatic carbocycles. The van der Waals surface area contributed by atoms with Gasteiger partial charge >= 0.3 is 6.03 Å². The van der Waals surface area contributed by atoms with Gasteiger partial charge in [0.2, 0.25) is 0 Å². The summed E-state index contributed by atoms with van der Waals surface area (Å²) in [5, 5.41) is 2.90. The second kappa shape index (κ2) is 8.29. The maximum Gasteiger partial charge on any atom is 0.317 e. The molecule has 3 rings (SSSR count). The van der Waals surface area contributed by atoms with Crippen LogP contribution in [-0.4, -0.2) is 67.7 Å². The Morgan fingerprint density at radius 2 is 1.69 bits per heavy atom. The molecule has 1 fully saturated rings. The largest absolute Gasteiger partial charge is 0.486 e. The third-order valence-electron chi connectivity index (χ3n) is 4.72. The Hall–Kier alpha value is -2.44. The van der Waals surface area contributed by atoms with E-state index in [0.29, 0.717) is 63.0 Å². The van der Waals surface area contributed by atoms with E-state index in [1.54, 1.807) is 11.0 Å². The fourth-order valence-electron chi connectivity index (χ4n) is 3.26. The molecule has 0 saturated carbocycles. The number of rotatable bonds is 3. The van der Waals surface area contributed by atoms with Crippen LogP contribution in [0.2, 0.25) is 0 Å². The molecule has 0 aliphatic carbocycles. The summed E-state index contributed by atoms with van der Waals surface area (Å²) in [6.45, 7) is 8.03. The van der Waals surface area contributed by atoms with E-state index in [-0.39, 0.29) is 11.9 Å². The number of urea groups is 1. The summed E-state index contributed by atoms with van der Waals surface area (Å²) in [6.07, 6.45) is 1.68. The standard InChI is InChI=1S/C19H27N3O4/c1-3-5-20-19(24)22-7-4-6-21(8-9-22)18(23)15-13-17-16(12-14(15)2)25-10-11-26-17/h12-13H,3-11H2,1-2H3,(H,20,24). The van der Waals surface area contributed by atoms with Crippen molar-refractivity contribution in [3.05, 3.63) is 23.3 Å². The zero-order valence-electron chi connectivity index (χ0n) is 15.5. The molecule has 0 radical (unpaired) electrons. The predicted octanol–water partition coefficient (Wildman–Crippen LogP) is 2.03. The Morgan fingerprint density at radius 1 is 1.04 bits per heavy atom. The minimum atomic E-state index is -0.0448. The molecule has 2 heterocycles. The van der Waals surface area contributed by atoms with Gasteiger partial charge in [-0.3, -0.25) is 4.79 Å². The number of carbonyl (C=O) groups is 2. The molecule has 3 amide bonds. The summed E-state index contributed by atoms with van der Waals surface area (Å²) >= 11 is 0. The molecule has 7 nitrogen and oxygen atoms in total. The first-order chi connectivity index (χ1) is 12.6. The Kier molecular flexibility index (Phi) is 5.85. The molecule has 0 bridgehead atoms. The van der Waals surface area contributed by atoms with Gasteiger partial charge in [-0.25, -0.2) is 4.79 Å². The molecule has 0 unspecified atom stereocenters. The number of ether oxygens (including phenoxy) is 2. The molecule has 1 saturated heterocycles. The molecule has 2 aliphatic heterocycles. The fourth-order valence-corrected chi connectivity index (χ4v) is 3.26. The molecule has 2 aliphatic rings. The lowest BCUT2D eigenvalue weighted by molar-refractivity contribution is 0.0760. The van der Waals surface area contributed by atoms with E-state index in [0.717, 1.165) is 18.4 Å². The van der Waals surface area contributed by atoms with Gasteiger partial charge in [-0.05, 0) is 37.5 Å². The number of amides is 3. The number of nitrogens with zero attached hydrogens (tertiary/aromatic N) is 2. The molecule has 7 heteroatoms. The van der Waals surface area contributed by atoms with Crippen LogP contribution < -0.4 is 14.8 Å². The topological polar surface area (TPSA) is 71.1 Å². The monoisotopic (exact) mass is 361 g/mol. The maximum absolute atomic E-state index is 13.0. The zero-order chi connectivity index (χ0) is 18.5. The summed E-state index contributed by atoms with van der Waals surface area (Å²) in [7, 11) is 0. The fraction of sp³-hybridized carbons (Fsp3) is 0.579. The quantitative estimate of drug-likeness (QED) is 0.894. The van der Waals surface area contributed by atoms with Crippen molar-refractivity contribution in [1.29, 1.82) is 0 Å². The number of aryl methyl sites for hydroxylation is 1. The Morgan fingerprint density at radius 3 is 2.42 bits per heavy atom. The van der Waals surface area contributed by atoms with Crippen molar-refractivity contribution in [2.75, 3.05) is 45.9 Å². The van der Waals surface area contributed by atoms with Gasteiger partial charge in [0.15, 0.2) is 11.5 Å². The lowest BCUT2D eigenvalue weighted by atomic mass is 10.1. The molecule has 0 atom stereocenters. The molecule has 142 valence electrons. The third-order valence-corrected chi connectivity index (χ3v) is 4.72. The molecule has 1 aromatic rings. The molecule has 26 heavy (non-hydrogen) atoms. The lowest BCUT2D eigenvalue weighted by Gasteiger charge is -2.24. The lowest BCUT2D eigenvalue weighted by Crippen LogP contribution is -2.42. The molecule has 1 N–H and O–H groups in total. The van der Waals surface area contributed by atoms with Crippen LogP contribution in [0.1, 0.15) is 35.7 Å². The smallest absolute Gasteiger partial charge is 0.317 e. The van der Waals surface area contributed by atoms with Gasteiger partial charge in [0.1, 0.15) is 13.2 Å². The van der Waals surface area contributed by atoms with Gasteiger partial charge in [0.25, 0.3) is 5.91 Å². The van der Waals surface area contributed by atoms with Crippen LogP contribution in [0.5, 0.6) is 11.5 Å². The van der Waals surface area contributed by atoms with E-state index >= 15 is 0 Å². The first-order valence-corrected chi connectivity index (χ1v) is 9.32. The summed E-state index contributed by atoms with van der Waals surface area (Å²) in [6, 6.07) is 3.60. The minimum absolute atomic E-state index is 0.0183. The number of hydrogen-bond acceptors (Lipinski definition) is 4. The van der Waals surface area contributed by atoms with Crippen molar-refractivity contribution >= 4 is 11.9 Å². The zero-order valence-corrected chi connectivity index (χ0v) is 15.5. The van der Waals surface area contributed by atoms with E-state index in [1.165, 1.54) is 0 Å². The number of fused-ring (bicyclic) bond motifs is 1. The summed E-state index contributed by atoms with van der Waals surface area (Å²) in [4.78, 5) is 28.8. The van der Waals surface area contributed by atoms with Crippen LogP contribution >= 0.6 is 0 Å². The highest BCUT2D eigenvalue weighted by molar-refractivity contribution is 5.96. The van der Waals surface area contributed by atoms with Gasteiger partial charge in [-0.2, -0.15) is 0 Å². The average molecular weight is 361 g/mol. The van der Waals surface area contributed by atoms with Crippen LogP contribution in [-0.2, 0) is 0 Å². The average Bonchev–Trinajstić information content (AvgIpc) is 2.91. The van der Waals surface area contributed by atoms with Gasteiger partial charge in [0, 0.05) is 38.3 Å². The van der Waals surface area contributed by atoms with Gasteiger partial charge in [-0.15, -0.1) is 0 Å². The summed E-state index contributed by atoms with van der Waals surface area (Å²) in [5.74, 6) is 1.30. The molecule has 0 aromatic heterocycles. The van der Waals surface area contributed by atoms with Crippen LogP contribution in [0, 0.1) is 6.92 Å². The van der Waals surface area contributed by atoms with Crippen molar-refractivity contribution in [1.82, 2.24) is 15.1 Å². The highest BCUT2D eigenvalue weighted by Crippen LogP contribution is 2.33. The van der Waals surface area contributed by atoms with Crippen molar-refractivity contribution in [3.63, 3.8) is 0 Å². The number of carbonyl (C=O) groups excluding carboxylic acids is 2. The summed E-state index contributed by atoms with van der Waals surface area (Å²) in [5.41, 5.74) is 1.51. The van der Waals surface area contributed by atoms with Crippen molar-refractivity contribution in [2.45, 2.75) is 26.7 Å². The van der Waals surface area contributed by atoms with Gasteiger partial charge < -0.3 is 24.6 Å². The normalized spacial score (nSPS) is 16.8. The van der Waals surface area contributed by atoms with E-state index in [4.69, 9.17) is 9.47 Å². The minimum Gasteiger partial charge on any atom is -0.486 e. The summed E-state index contributed by atoms with van der Waals surface area (Å²) < 4.78 is 11.2. The number of hydrogen-bond donors (Lipinski definition) is 1. The Labute approximate surface area is 154 Å². The van der Waals surface area contributed by atoms with Crippen molar-refractivity contribution < 1.29 is 19.1 Å². The highest BCUT2D eigenvalue weighted by Gasteiger charge is 2.25. The van der Waals surface area contributed by atoms with Crippen LogP contribution in [0.25, 0.3) is 0 Å². The molecular formula is C19H27N3O4. The van der Waals surface area contributed by atoms with Crippen molar-refractivity contribution in [2.24, 2.45) is 0 Å². The molecule has 0 spiro atoms. The van der Waals surface area contributed by atoms with E-state index in [1.807, 2.05) is 24.8 Å². The van der Waals surface area contributed by atoms with E-state index in [2.05, 4.69) is 5.32 Å². The van der Waals surface area contributed by atoms with Gasteiger partial charge in [0.05, 0.1) is 0 Å². The first-order valence-electron chi connectivity index (χ1n) is 9.32. The second-order valence-electron chi connectivity index (χ2n) is 6.68. The molecular weight excluding hydrogens is 334 g/mol.